The minimum atomic E-state index is -0.463. The number of para-hydroxylation sites is 1. The number of amides is 1. The highest BCUT2D eigenvalue weighted by Gasteiger charge is 2.30. The van der Waals surface area contributed by atoms with Crippen molar-refractivity contribution in [2.75, 3.05) is 10.7 Å². The number of fused-ring (bicyclic) bond motifs is 1. The molecule has 1 unspecified atom stereocenters. The molecule has 0 radical (unpaired) electrons. The minimum absolute atomic E-state index is 0.0347. The lowest BCUT2D eigenvalue weighted by Gasteiger charge is -2.22. The molecule has 0 fully saturated rings. The van der Waals surface area contributed by atoms with Crippen LogP contribution in [0, 0.1) is 5.82 Å². The predicted octanol–water partition coefficient (Wildman–Crippen LogP) is 4.10. The largest absolute Gasteiger partial charge is 0.308 e. The average Bonchev–Trinajstić information content (AvgIpc) is 2.89. The van der Waals surface area contributed by atoms with Crippen LogP contribution in [0.1, 0.15) is 29.8 Å². The van der Waals surface area contributed by atoms with E-state index in [9.17, 15) is 14.0 Å². The van der Waals surface area contributed by atoms with Crippen LogP contribution in [0.15, 0.2) is 47.4 Å². The van der Waals surface area contributed by atoms with E-state index in [1.165, 1.54) is 18.6 Å². The predicted molar refractivity (Wildman–Crippen MR) is 94.2 cm³/mol. The van der Waals surface area contributed by atoms with Crippen LogP contribution >= 0.6 is 11.8 Å². The number of benzene rings is 2. The Hall–Kier alpha value is -2.14. The van der Waals surface area contributed by atoms with Crippen LogP contribution < -0.4 is 4.90 Å². The summed E-state index contributed by atoms with van der Waals surface area (Å²) in [5, 5.41) is 0. The van der Waals surface area contributed by atoms with Crippen molar-refractivity contribution in [2.24, 2.45) is 0 Å². The molecule has 2 aromatic carbocycles. The summed E-state index contributed by atoms with van der Waals surface area (Å²) < 4.78 is 14.1. The van der Waals surface area contributed by atoms with E-state index in [-0.39, 0.29) is 23.5 Å². The molecule has 5 heteroatoms. The van der Waals surface area contributed by atoms with Crippen molar-refractivity contribution in [3.8, 4) is 0 Å². The Morgan fingerprint density at radius 2 is 2.00 bits per heavy atom. The molecule has 24 heavy (non-hydrogen) atoms. The van der Waals surface area contributed by atoms with E-state index in [0.29, 0.717) is 10.5 Å². The molecule has 0 spiro atoms. The molecular formula is C19H18FNO2S. The molecule has 0 bridgehead atoms. The number of rotatable bonds is 4. The molecule has 0 aliphatic carbocycles. The van der Waals surface area contributed by atoms with Gasteiger partial charge >= 0.3 is 0 Å². The van der Waals surface area contributed by atoms with Gasteiger partial charge in [-0.1, -0.05) is 24.3 Å². The Balaban J connectivity index is 1.71. The number of anilines is 1. The van der Waals surface area contributed by atoms with Crippen molar-refractivity contribution >= 4 is 29.1 Å². The highest BCUT2D eigenvalue weighted by molar-refractivity contribution is 8.00. The number of thioether (sulfide) groups is 1. The second kappa shape index (κ2) is 6.77. The molecule has 1 aliphatic heterocycles. The third-order valence-electron chi connectivity index (χ3n) is 4.17. The summed E-state index contributed by atoms with van der Waals surface area (Å²) >= 11 is 1.16. The molecule has 1 heterocycles. The lowest BCUT2D eigenvalue weighted by atomic mass is 10.1. The number of ketones is 1. The number of carbonyl (C=O) groups is 2. The lowest BCUT2D eigenvalue weighted by molar-refractivity contribution is -0.116. The van der Waals surface area contributed by atoms with Gasteiger partial charge in [-0.15, -0.1) is 11.8 Å². The molecule has 0 saturated carbocycles. The molecule has 2 aromatic rings. The zero-order chi connectivity index (χ0) is 17.3. The van der Waals surface area contributed by atoms with E-state index in [1.807, 2.05) is 31.2 Å². The molecule has 3 nitrogen and oxygen atoms in total. The van der Waals surface area contributed by atoms with Gasteiger partial charge < -0.3 is 4.90 Å². The van der Waals surface area contributed by atoms with E-state index in [0.717, 1.165) is 23.9 Å². The first-order valence-corrected chi connectivity index (χ1v) is 8.79. The van der Waals surface area contributed by atoms with Crippen LogP contribution in [-0.2, 0) is 11.2 Å². The Morgan fingerprint density at radius 1 is 1.25 bits per heavy atom. The molecule has 1 amide bonds. The molecule has 0 aromatic heterocycles. The fourth-order valence-electron chi connectivity index (χ4n) is 2.99. The van der Waals surface area contributed by atoms with Crippen LogP contribution in [0.2, 0.25) is 0 Å². The molecule has 1 atom stereocenters. The summed E-state index contributed by atoms with van der Waals surface area (Å²) in [5.41, 5.74) is 2.45. The average molecular weight is 343 g/mol. The van der Waals surface area contributed by atoms with Gasteiger partial charge in [0.2, 0.25) is 5.91 Å². The van der Waals surface area contributed by atoms with Gasteiger partial charge in [0, 0.05) is 22.2 Å². The number of halogens is 1. The van der Waals surface area contributed by atoms with E-state index >= 15 is 0 Å². The minimum Gasteiger partial charge on any atom is -0.308 e. The summed E-state index contributed by atoms with van der Waals surface area (Å²) in [6.45, 7) is 3.42. The second-order valence-electron chi connectivity index (χ2n) is 5.94. The Labute approximate surface area is 144 Å². The maximum absolute atomic E-state index is 14.1. The van der Waals surface area contributed by atoms with E-state index in [1.54, 1.807) is 17.0 Å². The first-order valence-electron chi connectivity index (χ1n) is 7.80. The van der Waals surface area contributed by atoms with Gasteiger partial charge in [-0.05, 0) is 44.0 Å². The molecule has 0 saturated heterocycles. The van der Waals surface area contributed by atoms with Gasteiger partial charge in [-0.3, -0.25) is 9.59 Å². The highest BCUT2D eigenvalue weighted by atomic mass is 32.2. The van der Waals surface area contributed by atoms with Gasteiger partial charge in [-0.25, -0.2) is 4.39 Å². The molecule has 3 rings (SSSR count). The summed E-state index contributed by atoms with van der Waals surface area (Å²) in [6.07, 6.45) is 0.842. The van der Waals surface area contributed by atoms with Gasteiger partial charge in [0.25, 0.3) is 0 Å². The zero-order valence-electron chi connectivity index (χ0n) is 13.6. The Morgan fingerprint density at radius 3 is 2.71 bits per heavy atom. The Kier molecular flexibility index (Phi) is 4.71. The fourth-order valence-corrected chi connectivity index (χ4v) is 3.77. The second-order valence-corrected chi connectivity index (χ2v) is 6.95. The highest BCUT2D eigenvalue weighted by Crippen LogP contribution is 2.33. The van der Waals surface area contributed by atoms with Crippen molar-refractivity contribution in [1.82, 2.24) is 0 Å². The lowest BCUT2D eigenvalue weighted by Crippen LogP contribution is -2.36. The first-order chi connectivity index (χ1) is 11.5. The standard InChI is InChI=1S/C19H18FNO2S/c1-12-9-15-5-3-4-6-17(15)21(12)19(23)11-24-18-8-7-14(13(2)22)10-16(18)20/h3-8,10,12H,9,11H2,1-2H3. The van der Waals surface area contributed by atoms with E-state index in [4.69, 9.17) is 0 Å². The third-order valence-corrected chi connectivity index (χ3v) is 5.20. The fraction of sp³-hybridized carbons (Fsp3) is 0.263. The Bertz CT molecular complexity index is 806. The maximum atomic E-state index is 14.1. The van der Waals surface area contributed by atoms with Crippen molar-refractivity contribution < 1.29 is 14.0 Å². The normalized spacial score (nSPS) is 16.1. The van der Waals surface area contributed by atoms with Crippen LogP contribution in [-0.4, -0.2) is 23.5 Å². The number of nitrogens with zero attached hydrogens (tertiary/aromatic N) is 1. The monoisotopic (exact) mass is 343 g/mol. The number of hydrogen-bond acceptors (Lipinski definition) is 3. The van der Waals surface area contributed by atoms with Crippen molar-refractivity contribution in [3.05, 3.63) is 59.4 Å². The number of hydrogen-bond donors (Lipinski definition) is 0. The molecule has 124 valence electrons. The van der Waals surface area contributed by atoms with Crippen LogP contribution in [0.4, 0.5) is 10.1 Å². The zero-order valence-corrected chi connectivity index (χ0v) is 14.4. The van der Waals surface area contributed by atoms with Gasteiger partial charge in [-0.2, -0.15) is 0 Å². The SMILES string of the molecule is CC(=O)c1ccc(SCC(=O)N2c3ccccc3CC2C)c(F)c1. The van der Waals surface area contributed by atoms with Crippen LogP contribution in [0.25, 0.3) is 0 Å². The first kappa shape index (κ1) is 16.7. The summed E-state index contributed by atoms with van der Waals surface area (Å²) in [6, 6.07) is 12.4. The maximum Gasteiger partial charge on any atom is 0.237 e. The topological polar surface area (TPSA) is 37.4 Å². The third kappa shape index (κ3) is 3.22. The summed E-state index contributed by atoms with van der Waals surface area (Å²) in [4.78, 5) is 26.1. The van der Waals surface area contributed by atoms with Crippen LogP contribution in [0.3, 0.4) is 0 Å². The van der Waals surface area contributed by atoms with E-state index in [2.05, 4.69) is 0 Å². The van der Waals surface area contributed by atoms with Crippen LogP contribution in [0.5, 0.6) is 0 Å². The smallest absolute Gasteiger partial charge is 0.237 e. The van der Waals surface area contributed by atoms with Gasteiger partial charge in [0.05, 0.1) is 5.75 Å². The number of Topliss-reactive ketones (excluding diaryl/α,β-unsaturated/α-hetero) is 1. The summed E-state index contributed by atoms with van der Waals surface area (Å²) in [7, 11) is 0. The van der Waals surface area contributed by atoms with Gasteiger partial charge in [0.15, 0.2) is 5.78 Å². The quantitative estimate of drug-likeness (QED) is 0.620. The van der Waals surface area contributed by atoms with Gasteiger partial charge in [0.1, 0.15) is 5.82 Å². The molecule has 0 N–H and O–H groups in total. The number of carbonyl (C=O) groups excluding carboxylic acids is 2. The molecular weight excluding hydrogens is 325 g/mol. The summed E-state index contributed by atoms with van der Waals surface area (Å²) in [5.74, 6) is -0.512. The van der Waals surface area contributed by atoms with E-state index < -0.39 is 5.82 Å². The molecule has 1 aliphatic rings. The van der Waals surface area contributed by atoms with Crippen molar-refractivity contribution in [1.29, 1.82) is 0 Å². The van der Waals surface area contributed by atoms with Crippen molar-refractivity contribution in [3.63, 3.8) is 0 Å². The van der Waals surface area contributed by atoms with Crippen molar-refractivity contribution in [2.45, 2.75) is 31.2 Å².